The Bertz CT molecular complexity index is 803. The summed E-state index contributed by atoms with van der Waals surface area (Å²) in [6.45, 7) is 3.56. The smallest absolute Gasteiger partial charge is 0.383 e. The Morgan fingerprint density at radius 2 is 2.04 bits per heavy atom. The number of benzene rings is 1. The predicted octanol–water partition coefficient (Wildman–Crippen LogP) is 3.46. The number of methoxy groups -OCH3 is 1. The van der Waals surface area contributed by atoms with E-state index in [1.807, 2.05) is 19.1 Å². The molecule has 1 heterocycles. The lowest BCUT2D eigenvalue weighted by molar-refractivity contribution is -0.131. The van der Waals surface area contributed by atoms with Gasteiger partial charge in [0, 0.05) is 6.92 Å². The summed E-state index contributed by atoms with van der Waals surface area (Å²) in [6.07, 6.45) is 5.51. The van der Waals surface area contributed by atoms with Crippen LogP contribution in [0.4, 0.5) is 0 Å². The number of ether oxygens (including phenoxy) is 3. The second kappa shape index (κ2) is 8.19. The molecule has 6 heteroatoms. The highest BCUT2D eigenvalue weighted by Gasteiger charge is 2.21. The molecule has 0 aliphatic carbocycles. The van der Waals surface area contributed by atoms with E-state index in [4.69, 9.17) is 18.6 Å². The third-order valence-electron chi connectivity index (χ3n) is 3.21. The van der Waals surface area contributed by atoms with Crippen LogP contribution in [0.15, 0.2) is 39.6 Å². The van der Waals surface area contributed by atoms with Crippen molar-refractivity contribution in [1.82, 2.24) is 0 Å². The third-order valence-corrected chi connectivity index (χ3v) is 3.21. The maximum atomic E-state index is 12.3. The summed E-state index contributed by atoms with van der Waals surface area (Å²) >= 11 is 0. The topological polar surface area (TPSA) is 75.0 Å². The molecule has 0 saturated heterocycles. The first-order valence-corrected chi connectivity index (χ1v) is 7.68. The highest BCUT2D eigenvalue weighted by molar-refractivity contribution is 5.91. The number of hydrogen-bond acceptors (Lipinski definition) is 6. The summed E-state index contributed by atoms with van der Waals surface area (Å²) in [5.41, 5.74) is -0.512. The van der Waals surface area contributed by atoms with E-state index in [0.29, 0.717) is 17.6 Å². The molecule has 1 aromatic heterocycles. The second-order valence-electron chi connectivity index (χ2n) is 5.00. The Morgan fingerprint density at radius 3 is 2.71 bits per heavy atom. The largest absolute Gasteiger partial charge is 0.493 e. The Balaban J connectivity index is 2.48. The van der Waals surface area contributed by atoms with Crippen molar-refractivity contribution in [3.8, 4) is 17.2 Å². The summed E-state index contributed by atoms with van der Waals surface area (Å²) < 4.78 is 21.2. The van der Waals surface area contributed by atoms with Gasteiger partial charge in [-0.2, -0.15) is 0 Å². The zero-order valence-electron chi connectivity index (χ0n) is 14.0. The van der Waals surface area contributed by atoms with Gasteiger partial charge in [0.1, 0.15) is 0 Å². The van der Waals surface area contributed by atoms with Crippen molar-refractivity contribution in [3.05, 3.63) is 40.8 Å². The fourth-order valence-corrected chi connectivity index (χ4v) is 2.20. The minimum Gasteiger partial charge on any atom is -0.493 e. The van der Waals surface area contributed by atoms with Crippen molar-refractivity contribution in [2.24, 2.45) is 0 Å². The quantitative estimate of drug-likeness (QED) is 0.334. The van der Waals surface area contributed by atoms with Crippen LogP contribution >= 0.6 is 0 Å². The lowest BCUT2D eigenvalue weighted by Crippen LogP contribution is -2.13. The fourth-order valence-electron chi connectivity index (χ4n) is 2.20. The normalized spacial score (nSPS) is 11.0. The van der Waals surface area contributed by atoms with Gasteiger partial charge >= 0.3 is 11.6 Å². The molecule has 0 radical (unpaired) electrons. The zero-order chi connectivity index (χ0) is 17.5. The summed E-state index contributed by atoms with van der Waals surface area (Å²) in [4.78, 5) is 23.7. The van der Waals surface area contributed by atoms with Crippen LogP contribution in [0.25, 0.3) is 11.0 Å². The van der Waals surface area contributed by atoms with E-state index < -0.39 is 11.6 Å². The van der Waals surface area contributed by atoms with Gasteiger partial charge in [0.15, 0.2) is 17.1 Å². The molecular formula is C18H20O6. The van der Waals surface area contributed by atoms with Gasteiger partial charge < -0.3 is 18.6 Å². The van der Waals surface area contributed by atoms with Gasteiger partial charge in [-0.3, -0.25) is 4.79 Å². The standard InChI is InChI=1S/C18H20O6/c1-4-5-6-7-11-22-17-16(23-12(2)19)13-9-8-10-14(21-3)15(13)24-18(17)20/h5-6,8-10H,4,7,11H2,1-3H3/b6-5+. The van der Waals surface area contributed by atoms with Gasteiger partial charge in [-0.05, 0) is 25.0 Å². The minimum atomic E-state index is -0.720. The van der Waals surface area contributed by atoms with Crippen molar-refractivity contribution in [3.63, 3.8) is 0 Å². The molecule has 0 amide bonds. The van der Waals surface area contributed by atoms with Crippen molar-refractivity contribution >= 4 is 16.9 Å². The molecule has 0 saturated carbocycles. The van der Waals surface area contributed by atoms with Gasteiger partial charge in [-0.15, -0.1) is 0 Å². The number of para-hydroxylation sites is 1. The Morgan fingerprint density at radius 1 is 1.25 bits per heavy atom. The van der Waals surface area contributed by atoms with Crippen LogP contribution in [0, 0.1) is 0 Å². The first-order valence-electron chi connectivity index (χ1n) is 7.68. The lowest BCUT2D eigenvalue weighted by atomic mass is 10.2. The number of fused-ring (bicyclic) bond motifs is 1. The number of allylic oxidation sites excluding steroid dienone is 1. The second-order valence-corrected chi connectivity index (χ2v) is 5.00. The maximum Gasteiger partial charge on any atom is 0.383 e. The van der Waals surface area contributed by atoms with Crippen LogP contribution in [0.3, 0.4) is 0 Å². The van der Waals surface area contributed by atoms with Gasteiger partial charge in [0.25, 0.3) is 0 Å². The highest BCUT2D eigenvalue weighted by Crippen LogP contribution is 2.36. The Hall–Kier alpha value is -2.76. The van der Waals surface area contributed by atoms with Crippen LogP contribution < -0.4 is 19.8 Å². The average molecular weight is 332 g/mol. The first-order chi connectivity index (χ1) is 11.6. The molecule has 0 bridgehead atoms. The highest BCUT2D eigenvalue weighted by atomic mass is 16.6. The van der Waals surface area contributed by atoms with E-state index in [1.54, 1.807) is 18.2 Å². The molecule has 24 heavy (non-hydrogen) atoms. The van der Waals surface area contributed by atoms with Crippen LogP contribution in [0.1, 0.15) is 26.7 Å². The molecule has 0 unspecified atom stereocenters. The summed E-state index contributed by atoms with van der Waals surface area (Å²) in [5.74, 6) is -0.251. The van der Waals surface area contributed by atoms with Crippen molar-refractivity contribution in [2.75, 3.05) is 13.7 Å². The van der Waals surface area contributed by atoms with Gasteiger partial charge in [0.2, 0.25) is 5.75 Å². The van der Waals surface area contributed by atoms with E-state index in [0.717, 1.165) is 6.42 Å². The number of carbonyl (C=O) groups excluding carboxylic acids is 1. The van der Waals surface area contributed by atoms with E-state index in [2.05, 4.69) is 0 Å². The van der Waals surface area contributed by atoms with Gasteiger partial charge in [-0.1, -0.05) is 25.1 Å². The average Bonchev–Trinajstić information content (AvgIpc) is 2.55. The maximum absolute atomic E-state index is 12.3. The molecule has 2 rings (SSSR count). The molecule has 6 nitrogen and oxygen atoms in total. The summed E-state index contributed by atoms with van der Waals surface area (Å²) in [6, 6.07) is 5.03. The number of rotatable bonds is 7. The molecule has 2 aromatic rings. The number of esters is 1. The molecule has 128 valence electrons. The van der Waals surface area contributed by atoms with Crippen LogP contribution in [0.2, 0.25) is 0 Å². The van der Waals surface area contributed by atoms with Crippen LogP contribution in [-0.4, -0.2) is 19.7 Å². The molecule has 0 fully saturated rings. The van der Waals surface area contributed by atoms with Crippen LogP contribution in [-0.2, 0) is 4.79 Å². The number of carbonyl (C=O) groups is 1. The third kappa shape index (κ3) is 3.95. The van der Waals surface area contributed by atoms with E-state index in [1.165, 1.54) is 14.0 Å². The number of hydrogen-bond donors (Lipinski definition) is 0. The molecule has 0 aliphatic rings. The van der Waals surface area contributed by atoms with Crippen molar-refractivity contribution in [2.45, 2.75) is 26.7 Å². The lowest BCUT2D eigenvalue weighted by Gasteiger charge is -2.12. The Kier molecular flexibility index (Phi) is 6.01. The van der Waals surface area contributed by atoms with E-state index >= 15 is 0 Å². The summed E-state index contributed by atoms with van der Waals surface area (Å²) in [7, 11) is 1.46. The zero-order valence-corrected chi connectivity index (χ0v) is 14.0. The van der Waals surface area contributed by atoms with Crippen molar-refractivity contribution in [1.29, 1.82) is 0 Å². The van der Waals surface area contributed by atoms with Crippen LogP contribution in [0.5, 0.6) is 17.2 Å². The van der Waals surface area contributed by atoms with E-state index in [-0.39, 0.29) is 23.7 Å². The van der Waals surface area contributed by atoms with Gasteiger partial charge in [0.05, 0.1) is 19.1 Å². The molecule has 0 aliphatic heterocycles. The van der Waals surface area contributed by atoms with E-state index in [9.17, 15) is 9.59 Å². The summed E-state index contributed by atoms with van der Waals surface area (Å²) in [5, 5.41) is 0.434. The minimum absolute atomic E-state index is 0.0483. The SMILES string of the molecule is CC/C=C/CCOc1c(OC(C)=O)c2cccc(OC)c2oc1=O. The fraction of sp³-hybridized carbons (Fsp3) is 0.333. The first kappa shape index (κ1) is 17.6. The molecule has 0 spiro atoms. The predicted molar refractivity (Wildman–Crippen MR) is 89.9 cm³/mol. The molecule has 0 atom stereocenters. The molecule has 0 N–H and O–H groups in total. The van der Waals surface area contributed by atoms with Crippen molar-refractivity contribution < 1.29 is 23.4 Å². The Labute approximate surface area is 139 Å². The monoisotopic (exact) mass is 332 g/mol. The molecule has 1 aromatic carbocycles. The molecular weight excluding hydrogens is 312 g/mol. The van der Waals surface area contributed by atoms with Gasteiger partial charge in [-0.25, -0.2) is 4.79 Å².